The number of hydrogen-bond acceptors (Lipinski definition) is 4. The quantitative estimate of drug-likeness (QED) is 0.777. The van der Waals surface area contributed by atoms with Crippen molar-refractivity contribution in [3.8, 4) is 11.5 Å². The molecule has 21 heavy (non-hydrogen) atoms. The van der Waals surface area contributed by atoms with Crippen LogP contribution in [0.4, 0.5) is 0 Å². The molecular weight excluding hydrogens is 268 g/mol. The number of nitrogens with zero attached hydrogens (tertiary/aromatic N) is 1. The summed E-state index contributed by atoms with van der Waals surface area (Å²) >= 11 is 0. The van der Waals surface area contributed by atoms with Crippen LogP contribution >= 0.6 is 0 Å². The molecule has 5 heteroatoms. The van der Waals surface area contributed by atoms with Crippen LogP contribution in [0.25, 0.3) is 0 Å². The molecule has 1 aliphatic rings. The van der Waals surface area contributed by atoms with E-state index in [1.807, 2.05) is 36.1 Å². The van der Waals surface area contributed by atoms with Gasteiger partial charge >= 0.3 is 0 Å². The molecule has 1 amide bonds. The number of carbonyl (C=O) groups excluding carboxylic acids is 1. The fourth-order valence-corrected chi connectivity index (χ4v) is 2.41. The van der Waals surface area contributed by atoms with Crippen molar-refractivity contribution in [3.05, 3.63) is 24.3 Å². The Morgan fingerprint density at radius 1 is 1.24 bits per heavy atom. The molecule has 0 bridgehead atoms. The normalized spacial score (nSPS) is 15.8. The van der Waals surface area contributed by atoms with Gasteiger partial charge in [-0.1, -0.05) is 0 Å². The predicted molar refractivity (Wildman–Crippen MR) is 81.8 cm³/mol. The molecule has 1 fully saturated rings. The first-order valence-corrected chi connectivity index (χ1v) is 7.49. The molecule has 5 nitrogen and oxygen atoms in total. The minimum absolute atomic E-state index is 0.150. The van der Waals surface area contributed by atoms with Crippen LogP contribution in [0.2, 0.25) is 0 Å². The SMILES string of the molecule is COc1ccc(OCCNC(C)C(=O)N2CCCC2)cc1. The number of carbonyl (C=O) groups is 1. The Morgan fingerprint density at radius 2 is 1.86 bits per heavy atom. The Labute approximate surface area is 126 Å². The summed E-state index contributed by atoms with van der Waals surface area (Å²) in [5.41, 5.74) is 0. The van der Waals surface area contributed by atoms with Gasteiger partial charge in [0.25, 0.3) is 0 Å². The van der Waals surface area contributed by atoms with E-state index in [-0.39, 0.29) is 11.9 Å². The number of methoxy groups -OCH3 is 1. The van der Waals surface area contributed by atoms with Gasteiger partial charge in [-0.3, -0.25) is 4.79 Å². The van der Waals surface area contributed by atoms with E-state index in [1.54, 1.807) is 7.11 Å². The highest BCUT2D eigenvalue weighted by molar-refractivity contribution is 5.81. The van der Waals surface area contributed by atoms with Crippen molar-refractivity contribution in [3.63, 3.8) is 0 Å². The predicted octanol–water partition coefficient (Wildman–Crippen LogP) is 1.67. The number of amides is 1. The summed E-state index contributed by atoms with van der Waals surface area (Å²) in [5, 5.41) is 3.21. The second kappa shape index (κ2) is 7.88. The molecule has 0 spiro atoms. The zero-order valence-electron chi connectivity index (χ0n) is 12.8. The van der Waals surface area contributed by atoms with Crippen molar-refractivity contribution in [1.29, 1.82) is 0 Å². The first kappa shape index (κ1) is 15.6. The molecular formula is C16H24N2O3. The molecule has 1 unspecified atom stereocenters. The lowest BCUT2D eigenvalue weighted by atomic mass is 10.3. The van der Waals surface area contributed by atoms with Gasteiger partial charge in [0.15, 0.2) is 0 Å². The van der Waals surface area contributed by atoms with Crippen LogP contribution in [-0.4, -0.2) is 50.2 Å². The number of hydrogen-bond donors (Lipinski definition) is 1. The molecule has 0 aliphatic carbocycles. The molecule has 1 aromatic rings. The summed E-state index contributed by atoms with van der Waals surface area (Å²) in [7, 11) is 1.64. The van der Waals surface area contributed by atoms with E-state index < -0.39 is 0 Å². The fourth-order valence-electron chi connectivity index (χ4n) is 2.41. The van der Waals surface area contributed by atoms with E-state index >= 15 is 0 Å². The summed E-state index contributed by atoms with van der Waals surface area (Å²) in [4.78, 5) is 14.0. The molecule has 1 N–H and O–H groups in total. The number of ether oxygens (including phenoxy) is 2. The first-order chi connectivity index (χ1) is 10.2. The van der Waals surface area contributed by atoms with Gasteiger partial charge in [-0.05, 0) is 44.0 Å². The second-order valence-corrected chi connectivity index (χ2v) is 5.23. The molecule has 1 aromatic carbocycles. The van der Waals surface area contributed by atoms with E-state index in [4.69, 9.17) is 9.47 Å². The van der Waals surface area contributed by atoms with Crippen LogP contribution in [0.5, 0.6) is 11.5 Å². The number of rotatable bonds is 7. The summed E-state index contributed by atoms with van der Waals surface area (Å²) in [5.74, 6) is 1.80. The van der Waals surface area contributed by atoms with E-state index in [0.29, 0.717) is 13.2 Å². The summed E-state index contributed by atoms with van der Waals surface area (Å²) < 4.78 is 10.7. The van der Waals surface area contributed by atoms with Gasteiger partial charge in [-0.15, -0.1) is 0 Å². The lowest BCUT2D eigenvalue weighted by Crippen LogP contribution is -2.44. The zero-order valence-corrected chi connectivity index (χ0v) is 12.8. The van der Waals surface area contributed by atoms with Gasteiger partial charge in [0.1, 0.15) is 18.1 Å². The third kappa shape index (κ3) is 4.63. The van der Waals surface area contributed by atoms with Crippen molar-refractivity contribution in [2.45, 2.75) is 25.8 Å². The Kier molecular flexibility index (Phi) is 5.87. The summed E-state index contributed by atoms with van der Waals surface area (Å²) in [6.45, 7) is 4.88. The van der Waals surface area contributed by atoms with E-state index in [1.165, 1.54) is 0 Å². The maximum atomic E-state index is 12.1. The third-order valence-corrected chi connectivity index (χ3v) is 3.67. The highest BCUT2D eigenvalue weighted by atomic mass is 16.5. The van der Waals surface area contributed by atoms with Crippen LogP contribution in [0.3, 0.4) is 0 Å². The lowest BCUT2D eigenvalue weighted by molar-refractivity contribution is -0.131. The van der Waals surface area contributed by atoms with E-state index in [9.17, 15) is 4.79 Å². The van der Waals surface area contributed by atoms with Gasteiger partial charge in [-0.2, -0.15) is 0 Å². The van der Waals surface area contributed by atoms with Crippen LogP contribution in [0.1, 0.15) is 19.8 Å². The molecule has 0 aromatic heterocycles. The molecule has 1 atom stereocenters. The van der Waals surface area contributed by atoms with Crippen LogP contribution in [0.15, 0.2) is 24.3 Å². The van der Waals surface area contributed by atoms with Crippen molar-refractivity contribution in [1.82, 2.24) is 10.2 Å². The van der Waals surface area contributed by atoms with Gasteiger partial charge in [0.2, 0.25) is 5.91 Å². The molecule has 2 rings (SSSR count). The van der Waals surface area contributed by atoms with Gasteiger partial charge in [-0.25, -0.2) is 0 Å². The third-order valence-electron chi connectivity index (χ3n) is 3.67. The monoisotopic (exact) mass is 292 g/mol. The molecule has 1 heterocycles. The maximum absolute atomic E-state index is 12.1. The molecule has 1 aliphatic heterocycles. The Morgan fingerprint density at radius 3 is 2.48 bits per heavy atom. The van der Waals surface area contributed by atoms with E-state index in [2.05, 4.69) is 5.32 Å². The van der Waals surface area contributed by atoms with Crippen LogP contribution < -0.4 is 14.8 Å². The number of nitrogens with one attached hydrogen (secondary N) is 1. The highest BCUT2D eigenvalue weighted by Crippen LogP contribution is 2.16. The van der Waals surface area contributed by atoms with Crippen molar-refractivity contribution in [2.75, 3.05) is 33.4 Å². The molecule has 116 valence electrons. The number of likely N-dealkylation sites (tertiary alicyclic amines) is 1. The standard InChI is InChI=1S/C16H24N2O3/c1-13(16(19)18-10-3-4-11-18)17-9-12-21-15-7-5-14(20-2)6-8-15/h5-8,13,17H,3-4,9-12H2,1-2H3. The number of benzene rings is 1. The minimum atomic E-state index is -0.150. The maximum Gasteiger partial charge on any atom is 0.239 e. The topological polar surface area (TPSA) is 50.8 Å². The van der Waals surface area contributed by atoms with Crippen molar-refractivity contribution in [2.24, 2.45) is 0 Å². The Hall–Kier alpha value is -1.75. The minimum Gasteiger partial charge on any atom is -0.497 e. The molecule has 1 saturated heterocycles. The average Bonchev–Trinajstić information content (AvgIpc) is 3.05. The fraction of sp³-hybridized carbons (Fsp3) is 0.562. The van der Waals surface area contributed by atoms with Crippen LogP contribution in [0, 0.1) is 0 Å². The van der Waals surface area contributed by atoms with Crippen molar-refractivity contribution < 1.29 is 14.3 Å². The Bertz CT molecular complexity index is 441. The molecule has 0 radical (unpaired) electrons. The lowest BCUT2D eigenvalue weighted by Gasteiger charge is -2.21. The summed E-state index contributed by atoms with van der Waals surface area (Å²) in [6.07, 6.45) is 2.25. The first-order valence-electron chi connectivity index (χ1n) is 7.49. The largest absolute Gasteiger partial charge is 0.497 e. The van der Waals surface area contributed by atoms with Gasteiger partial charge in [0, 0.05) is 19.6 Å². The zero-order chi connectivity index (χ0) is 15.1. The van der Waals surface area contributed by atoms with Gasteiger partial charge in [0.05, 0.1) is 13.2 Å². The van der Waals surface area contributed by atoms with Crippen molar-refractivity contribution >= 4 is 5.91 Å². The van der Waals surface area contributed by atoms with E-state index in [0.717, 1.165) is 37.4 Å². The molecule has 0 saturated carbocycles. The smallest absolute Gasteiger partial charge is 0.239 e. The Balaban J connectivity index is 1.65. The van der Waals surface area contributed by atoms with Gasteiger partial charge < -0.3 is 19.7 Å². The second-order valence-electron chi connectivity index (χ2n) is 5.23. The van der Waals surface area contributed by atoms with Crippen LogP contribution in [-0.2, 0) is 4.79 Å². The highest BCUT2D eigenvalue weighted by Gasteiger charge is 2.22. The summed E-state index contributed by atoms with van der Waals surface area (Å²) in [6, 6.07) is 7.32. The average molecular weight is 292 g/mol.